The van der Waals surface area contributed by atoms with E-state index in [4.69, 9.17) is 4.74 Å². The van der Waals surface area contributed by atoms with E-state index in [1.165, 1.54) is 0 Å². The first-order valence-electron chi connectivity index (χ1n) is 9.75. The molecule has 0 bridgehead atoms. The second-order valence-electron chi connectivity index (χ2n) is 6.93. The SMILES string of the molecule is O=C(CCc1ccccc1)Nc1cccc(NC(=O)CNCC2CCCO2)c1. The summed E-state index contributed by atoms with van der Waals surface area (Å²) in [6.45, 7) is 1.72. The van der Waals surface area contributed by atoms with Gasteiger partial charge >= 0.3 is 0 Å². The van der Waals surface area contributed by atoms with Crippen molar-refractivity contribution < 1.29 is 14.3 Å². The van der Waals surface area contributed by atoms with Gasteiger partial charge in [0, 0.05) is 30.9 Å². The van der Waals surface area contributed by atoms with Crippen LogP contribution < -0.4 is 16.0 Å². The lowest BCUT2D eigenvalue weighted by atomic mass is 10.1. The number of carbonyl (C=O) groups is 2. The number of hydrogen-bond donors (Lipinski definition) is 3. The number of nitrogens with one attached hydrogen (secondary N) is 3. The first-order chi connectivity index (χ1) is 13.7. The van der Waals surface area contributed by atoms with Gasteiger partial charge in [0.2, 0.25) is 11.8 Å². The van der Waals surface area contributed by atoms with Crippen LogP contribution in [-0.4, -0.2) is 37.6 Å². The molecule has 3 rings (SSSR count). The highest BCUT2D eigenvalue weighted by atomic mass is 16.5. The van der Waals surface area contributed by atoms with Crippen molar-refractivity contribution in [2.24, 2.45) is 0 Å². The Balaban J connectivity index is 1.41. The molecule has 1 atom stereocenters. The van der Waals surface area contributed by atoms with Crippen LogP contribution in [0.3, 0.4) is 0 Å². The molecule has 1 saturated heterocycles. The predicted molar refractivity (Wildman–Crippen MR) is 110 cm³/mol. The first-order valence-corrected chi connectivity index (χ1v) is 9.75. The van der Waals surface area contributed by atoms with Gasteiger partial charge < -0.3 is 20.7 Å². The molecule has 1 heterocycles. The molecule has 0 aromatic heterocycles. The third-order valence-corrected chi connectivity index (χ3v) is 4.60. The van der Waals surface area contributed by atoms with Gasteiger partial charge in [-0.1, -0.05) is 36.4 Å². The fourth-order valence-electron chi connectivity index (χ4n) is 3.16. The molecule has 0 radical (unpaired) electrons. The molecule has 1 unspecified atom stereocenters. The molecule has 2 aromatic rings. The molecule has 0 saturated carbocycles. The van der Waals surface area contributed by atoms with Gasteiger partial charge in [-0.3, -0.25) is 9.59 Å². The molecule has 1 aliphatic rings. The second-order valence-corrected chi connectivity index (χ2v) is 6.93. The van der Waals surface area contributed by atoms with Crippen LogP contribution in [0.15, 0.2) is 54.6 Å². The topological polar surface area (TPSA) is 79.5 Å². The van der Waals surface area contributed by atoms with Gasteiger partial charge in [-0.2, -0.15) is 0 Å². The van der Waals surface area contributed by atoms with E-state index in [9.17, 15) is 9.59 Å². The number of anilines is 2. The highest BCUT2D eigenvalue weighted by Crippen LogP contribution is 2.16. The molecule has 1 aliphatic heterocycles. The van der Waals surface area contributed by atoms with Gasteiger partial charge in [0.15, 0.2) is 0 Å². The Kier molecular flexibility index (Phi) is 7.58. The standard InChI is InChI=1S/C22H27N3O3/c26-21(12-11-17-6-2-1-3-7-17)24-18-8-4-9-19(14-18)25-22(27)16-23-15-20-10-5-13-28-20/h1-4,6-9,14,20,23H,5,10-13,15-16H2,(H,24,26)(H,25,27). The summed E-state index contributed by atoms with van der Waals surface area (Å²) in [6, 6.07) is 17.1. The van der Waals surface area contributed by atoms with Crippen molar-refractivity contribution in [3.8, 4) is 0 Å². The van der Waals surface area contributed by atoms with Crippen LogP contribution >= 0.6 is 0 Å². The van der Waals surface area contributed by atoms with Crippen molar-refractivity contribution in [1.82, 2.24) is 5.32 Å². The van der Waals surface area contributed by atoms with Crippen LogP contribution in [0.4, 0.5) is 11.4 Å². The highest BCUT2D eigenvalue weighted by molar-refractivity contribution is 5.94. The average molecular weight is 381 g/mol. The monoisotopic (exact) mass is 381 g/mol. The number of amides is 2. The summed E-state index contributed by atoms with van der Waals surface area (Å²) in [5.74, 6) is -0.170. The number of aryl methyl sites for hydroxylation is 1. The number of carbonyl (C=O) groups excluding carboxylic acids is 2. The van der Waals surface area contributed by atoms with Crippen molar-refractivity contribution in [3.05, 3.63) is 60.2 Å². The molecule has 6 nitrogen and oxygen atoms in total. The summed E-state index contributed by atoms with van der Waals surface area (Å²) in [4.78, 5) is 24.2. The molecule has 3 N–H and O–H groups in total. The largest absolute Gasteiger partial charge is 0.377 e. The van der Waals surface area contributed by atoms with Crippen molar-refractivity contribution in [3.63, 3.8) is 0 Å². The number of ether oxygens (including phenoxy) is 1. The molecule has 2 amide bonds. The summed E-state index contributed by atoms with van der Waals surface area (Å²) < 4.78 is 5.52. The zero-order valence-corrected chi connectivity index (χ0v) is 15.9. The van der Waals surface area contributed by atoms with Crippen LogP contribution in [0.25, 0.3) is 0 Å². The minimum atomic E-state index is -0.120. The van der Waals surface area contributed by atoms with Crippen LogP contribution in [0.1, 0.15) is 24.8 Å². The lowest BCUT2D eigenvalue weighted by Crippen LogP contribution is -2.33. The highest BCUT2D eigenvalue weighted by Gasteiger charge is 2.15. The van der Waals surface area contributed by atoms with Crippen LogP contribution in [-0.2, 0) is 20.7 Å². The normalized spacial score (nSPS) is 15.9. The maximum Gasteiger partial charge on any atom is 0.238 e. The maximum absolute atomic E-state index is 12.2. The van der Waals surface area contributed by atoms with E-state index in [1.807, 2.05) is 42.5 Å². The van der Waals surface area contributed by atoms with Gasteiger partial charge in [-0.15, -0.1) is 0 Å². The molecule has 2 aromatic carbocycles. The lowest BCUT2D eigenvalue weighted by Gasteiger charge is -2.11. The Bertz CT molecular complexity index is 774. The van der Waals surface area contributed by atoms with E-state index in [2.05, 4.69) is 16.0 Å². The van der Waals surface area contributed by atoms with Crippen molar-refractivity contribution in [1.29, 1.82) is 0 Å². The molecule has 0 aliphatic carbocycles. The first kappa shape index (κ1) is 20.0. The van der Waals surface area contributed by atoms with Crippen molar-refractivity contribution in [2.45, 2.75) is 31.8 Å². The lowest BCUT2D eigenvalue weighted by molar-refractivity contribution is -0.116. The zero-order chi connectivity index (χ0) is 19.6. The Labute approximate surface area is 165 Å². The van der Waals surface area contributed by atoms with Gasteiger partial charge in [0.1, 0.15) is 0 Å². The minimum absolute atomic E-state index is 0.0504. The van der Waals surface area contributed by atoms with Crippen molar-refractivity contribution >= 4 is 23.2 Å². The third-order valence-electron chi connectivity index (χ3n) is 4.60. The van der Waals surface area contributed by atoms with Crippen LogP contribution in [0, 0.1) is 0 Å². The molecule has 6 heteroatoms. The van der Waals surface area contributed by atoms with Gasteiger partial charge in [-0.05, 0) is 43.0 Å². The van der Waals surface area contributed by atoms with Crippen LogP contribution in [0.2, 0.25) is 0 Å². The Morgan fingerprint density at radius 1 is 0.964 bits per heavy atom. The van der Waals surface area contributed by atoms with E-state index in [1.54, 1.807) is 12.1 Å². The minimum Gasteiger partial charge on any atom is -0.377 e. The van der Waals surface area contributed by atoms with E-state index in [0.717, 1.165) is 25.0 Å². The predicted octanol–water partition coefficient (Wildman–Crippen LogP) is 2.97. The van der Waals surface area contributed by atoms with E-state index in [-0.39, 0.29) is 24.5 Å². The average Bonchev–Trinajstić information content (AvgIpc) is 3.21. The smallest absolute Gasteiger partial charge is 0.238 e. The van der Waals surface area contributed by atoms with Gasteiger partial charge in [0.25, 0.3) is 0 Å². The van der Waals surface area contributed by atoms with Gasteiger partial charge in [-0.25, -0.2) is 0 Å². The van der Waals surface area contributed by atoms with Gasteiger partial charge in [0.05, 0.1) is 12.6 Å². The molecule has 28 heavy (non-hydrogen) atoms. The summed E-state index contributed by atoms with van der Waals surface area (Å²) in [5, 5.41) is 8.85. The second kappa shape index (κ2) is 10.6. The van der Waals surface area contributed by atoms with E-state index < -0.39 is 0 Å². The summed E-state index contributed by atoms with van der Waals surface area (Å²) in [6.07, 6.45) is 3.44. The zero-order valence-electron chi connectivity index (χ0n) is 15.9. The maximum atomic E-state index is 12.2. The van der Waals surface area contributed by atoms with Crippen molar-refractivity contribution in [2.75, 3.05) is 30.3 Å². The molecule has 0 spiro atoms. The Hall–Kier alpha value is -2.70. The van der Waals surface area contributed by atoms with E-state index >= 15 is 0 Å². The summed E-state index contributed by atoms with van der Waals surface area (Å²) in [7, 11) is 0. The summed E-state index contributed by atoms with van der Waals surface area (Å²) in [5.41, 5.74) is 2.46. The molecular weight excluding hydrogens is 354 g/mol. The third kappa shape index (κ3) is 6.79. The number of benzene rings is 2. The number of rotatable bonds is 9. The van der Waals surface area contributed by atoms with Crippen LogP contribution in [0.5, 0.6) is 0 Å². The molecule has 148 valence electrons. The van der Waals surface area contributed by atoms with E-state index in [0.29, 0.717) is 30.8 Å². The quantitative estimate of drug-likeness (QED) is 0.624. The summed E-state index contributed by atoms with van der Waals surface area (Å²) >= 11 is 0. The molecule has 1 fully saturated rings. The fourth-order valence-corrected chi connectivity index (χ4v) is 3.16. The fraction of sp³-hybridized carbons (Fsp3) is 0.364. The Morgan fingerprint density at radius 3 is 2.43 bits per heavy atom. The molecular formula is C22H27N3O3. The Morgan fingerprint density at radius 2 is 1.71 bits per heavy atom. The number of hydrogen-bond acceptors (Lipinski definition) is 4.